The summed E-state index contributed by atoms with van der Waals surface area (Å²) in [7, 11) is -9.93. The zero-order valence-corrected chi connectivity index (χ0v) is 68.2. The molecule has 0 aromatic carbocycles. The SMILES string of the molecule is CCCCCC/C=C\C=C/CCCCCCCC(=O)O[C@H](COC(=O)CCCCCCCCCCC)COP(=O)(O)OC[C@H](O)COP(=O)(O)OC[C@@H](COC(=O)CCCCCCCCCCCCCCCC(C)C)OC(=O)CCCCCCCCCCCCCCCCCCCCC(C)CC. The van der Waals surface area contributed by atoms with Crippen molar-refractivity contribution in [3.8, 4) is 0 Å². The zero-order valence-electron chi connectivity index (χ0n) is 66.4. The topological polar surface area (TPSA) is 237 Å². The maximum absolute atomic E-state index is 13.1. The molecule has 0 radical (unpaired) electrons. The summed E-state index contributed by atoms with van der Waals surface area (Å²) in [5.41, 5.74) is 0. The summed E-state index contributed by atoms with van der Waals surface area (Å²) in [4.78, 5) is 73.0. The minimum atomic E-state index is -4.97. The first-order valence-electron chi connectivity index (χ1n) is 42.3. The first-order valence-corrected chi connectivity index (χ1v) is 45.3. The van der Waals surface area contributed by atoms with E-state index in [4.69, 9.17) is 37.0 Å². The summed E-state index contributed by atoms with van der Waals surface area (Å²) in [6, 6.07) is 0. The van der Waals surface area contributed by atoms with Gasteiger partial charge in [0.15, 0.2) is 12.2 Å². The lowest BCUT2D eigenvalue weighted by molar-refractivity contribution is -0.161. The Morgan fingerprint density at radius 1 is 0.324 bits per heavy atom. The summed E-state index contributed by atoms with van der Waals surface area (Å²) >= 11 is 0. The van der Waals surface area contributed by atoms with Crippen LogP contribution in [0.4, 0.5) is 0 Å². The summed E-state index contributed by atoms with van der Waals surface area (Å²) in [5, 5.41) is 10.6. The molecule has 0 saturated carbocycles. The van der Waals surface area contributed by atoms with Gasteiger partial charge in [-0.2, -0.15) is 0 Å². The maximum atomic E-state index is 13.1. The van der Waals surface area contributed by atoms with Gasteiger partial charge in [-0.1, -0.05) is 361 Å². The number of unbranched alkanes of at least 4 members (excludes halogenated alkanes) is 46. The predicted octanol–water partition coefficient (Wildman–Crippen LogP) is 24.6. The first kappa shape index (κ1) is 99.5. The van der Waals surface area contributed by atoms with Crippen molar-refractivity contribution in [2.75, 3.05) is 39.6 Å². The number of phosphoric acid groups is 2. The Morgan fingerprint density at radius 2 is 0.578 bits per heavy atom. The third-order valence-electron chi connectivity index (χ3n) is 19.2. The number of carbonyl (C=O) groups is 4. The minimum absolute atomic E-state index is 0.0852. The fraction of sp³-hybridized carbons (Fsp3) is 0.904. The molecule has 3 unspecified atom stereocenters. The van der Waals surface area contributed by atoms with Gasteiger partial charge in [0.2, 0.25) is 0 Å². The highest BCUT2D eigenvalue weighted by molar-refractivity contribution is 7.47. The molecule has 0 spiro atoms. The molecular weight excluding hydrogens is 1330 g/mol. The maximum Gasteiger partial charge on any atom is 0.472 e. The fourth-order valence-electron chi connectivity index (χ4n) is 12.3. The monoisotopic (exact) mass is 1490 g/mol. The zero-order chi connectivity index (χ0) is 74.9. The number of aliphatic hydroxyl groups is 1. The van der Waals surface area contributed by atoms with Crippen LogP contribution in [-0.4, -0.2) is 96.7 Å². The van der Waals surface area contributed by atoms with E-state index in [-0.39, 0.29) is 25.7 Å². The smallest absolute Gasteiger partial charge is 0.462 e. The number of esters is 4. The van der Waals surface area contributed by atoms with Gasteiger partial charge in [-0.25, -0.2) is 9.13 Å². The van der Waals surface area contributed by atoms with E-state index in [9.17, 15) is 43.2 Å². The highest BCUT2D eigenvalue weighted by atomic mass is 31.2. The average Bonchev–Trinajstić information content (AvgIpc) is 0.935. The third-order valence-corrected chi connectivity index (χ3v) is 21.1. The number of hydrogen-bond donors (Lipinski definition) is 3. The molecule has 0 aliphatic heterocycles. The Bertz CT molecular complexity index is 2060. The molecule has 17 nitrogen and oxygen atoms in total. The lowest BCUT2D eigenvalue weighted by Gasteiger charge is -2.21. The molecule has 0 aromatic heterocycles. The number of aliphatic hydroxyl groups excluding tert-OH is 1. The Hall–Kier alpha value is -2.46. The number of carbonyl (C=O) groups excluding carboxylic acids is 4. The van der Waals surface area contributed by atoms with Crippen molar-refractivity contribution < 1.29 is 80.2 Å². The Kier molecular flexibility index (Phi) is 72.2. The van der Waals surface area contributed by atoms with Gasteiger partial charge in [0, 0.05) is 25.7 Å². The van der Waals surface area contributed by atoms with Crippen molar-refractivity contribution in [2.24, 2.45) is 11.8 Å². The molecule has 602 valence electrons. The van der Waals surface area contributed by atoms with Gasteiger partial charge in [-0.3, -0.25) is 37.3 Å². The Labute approximate surface area is 624 Å². The lowest BCUT2D eigenvalue weighted by Crippen LogP contribution is -2.30. The van der Waals surface area contributed by atoms with Crippen molar-refractivity contribution in [1.82, 2.24) is 0 Å². The summed E-state index contributed by atoms with van der Waals surface area (Å²) in [6.45, 7) is 9.65. The number of ether oxygens (including phenoxy) is 4. The second-order valence-electron chi connectivity index (χ2n) is 29.9. The molecule has 0 saturated heterocycles. The van der Waals surface area contributed by atoms with Crippen LogP contribution in [0.5, 0.6) is 0 Å². The fourth-order valence-corrected chi connectivity index (χ4v) is 13.9. The van der Waals surface area contributed by atoms with E-state index in [1.165, 1.54) is 218 Å². The van der Waals surface area contributed by atoms with Gasteiger partial charge in [0.1, 0.15) is 19.3 Å². The van der Waals surface area contributed by atoms with Gasteiger partial charge >= 0.3 is 39.5 Å². The van der Waals surface area contributed by atoms with E-state index in [0.717, 1.165) is 115 Å². The van der Waals surface area contributed by atoms with E-state index in [1.807, 2.05) is 0 Å². The molecule has 6 atom stereocenters. The number of phosphoric ester groups is 2. The van der Waals surface area contributed by atoms with Crippen LogP contribution in [0.15, 0.2) is 24.3 Å². The van der Waals surface area contributed by atoms with Gasteiger partial charge in [-0.15, -0.1) is 0 Å². The van der Waals surface area contributed by atoms with Crippen LogP contribution >= 0.6 is 15.6 Å². The van der Waals surface area contributed by atoms with Crippen LogP contribution in [0.1, 0.15) is 414 Å². The highest BCUT2D eigenvalue weighted by Gasteiger charge is 2.30. The van der Waals surface area contributed by atoms with Crippen LogP contribution in [-0.2, 0) is 65.4 Å². The van der Waals surface area contributed by atoms with Gasteiger partial charge < -0.3 is 33.8 Å². The molecule has 0 aromatic rings. The van der Waals surface area contributed by atoms with Gasteiger partial charge in [-0.05, 0) is 63.2 Å². The van der Waals surface area contributed by atoms with E-state index < -0.39 is 97.5 Å². The van der Waals surface area contributed by atoms with Crippen LogP contribution in [0.3, 0.4) is 0 Å². The molecule has 0 bridgehead atoms. The summed E-state index contributed by atoms with van der Waals surface area (Å²) < 4.78 is 68.7. The molecule has 19 heteroatoms. The molecule has 0 amide bonds. The molecule has 0 heterocycles. The van der Waals surface area contributed by atoms with Crippen molar-refractivity contribution in [2.45, 2.75) is 432 Å². The number of hydrogen-bond acceptors (Lipinski definition) is 15. The predicted molar refractivity (Wildman–Crippen MR) is 418 cm³/mol. The normalized spacial score (nSPS) is 14.3. The van der Waals surface area contributed by atoms with E-state index in [2.05, 4.69) is 65.8 Å². The van der Waals surface area contributed by atoms with Crippen molar-refractivity contribution in [3.05, 3.63) is 24.3 Å². The van der Waals surface area contributed by atoms with Crippen LogP contribution in [0.25, 0.3) is 0 Å². The average molecular weight is 1490 g/mol. The van der Waals surface area contributed by atoms with Crippen LogP contribution in [0.2, 0.25) is 0 Å². The Balaban J connectivity index is 5.23. The quantitative estimate of drug-likeness (QED) is 0.0169. The summed E-state index contributed by atoms with van der Waals surface area (Å²) in [6.07, 6.45) is 67.4. The van der Waals surface area contributed by atoms with Crippen LogP contribution < -0.4 is 0 Å². The number of rotatable bonds is 80. The molecule has 3 N–H and O–H groups in total. The minimum Gasteiger partial charge on any atom is -0.462 e. The van der Waals surface area contributed by atoms with E-state index in [1.54, 1.807) is 0 Å². The standard InChI is InChI=1S/C83H158O17P2/c1-7-10-12-14-16-18-19-20-25-31-37-43-49-55-61-67-82(87)99-78(71-93-80(85)65-59-53-47-39-17-15-13-11-8-2)73-97-101(89,90)95-69-77(84)70-96-102(91,92)98-74-79(72-94-81(86)66-60-54-48-42-36-33-28-29-34-40-45-51-57-63-75(4)5)100-83(88)68-62-56-50-44-38-32-27-24-22-21-23-26-30-35-41-46-52-58-64-76(6)9-3/h18-20,25,75-79,84H,7-17,21-24,26-74H2,1-6H3,(H,89,90)(H,91,92)/b19-18-,25-20-/t76?,77-,78+,79+/m0/s1. The van der Waals surface area contributed by atoms with Gasteiger partial charge in [0.05, 0.1) is 26.4 Å². The van der Waals surface area contributed by atoms with E-state index >= 15 is 0 Å². The van der Waals surface area contributed by atoms with Gasteiger partial charge in [0.25, 0.3) is 0 Å². The van der Waals surface area contributed by atoms with Crippen molar-refractivity contribution >= 4 is 39.5 Å². The molecule has 0 aliphatic carbocycles. The molecular formula is C83H158O17P2. The molecule has 0 aliphatic rings. The van der Waals surface area contributed by atoms with E-state index in [0.29, 0.717) is 25.7 Å². The second kappa shape index (κ2) is 74.0. The first-order chi connectivity index (χ1) is 49.4. The number of allylic oxidation sites excluding steroid dienone is 4. The molecule has 102 heavy (non-hydrogen) atoms. The van der Waals surface area contributed by atoms with Crippen molar-refractivity contribution in [1.29, 1.82) is 0 Å². The third kappa shape index (κ3) is 74.4. The molecule has 0 fully saturated rings. The second-order valence-corrected chi connectivity index (χ2v) is 32.8. The highest BCUT2D eigenvalue weighted by Crippen LogP contribution is 2.45. The largest absolute Gasteiger partial charge is 0.472 e. The lowest BCUT2D eigenvalue weighted by atomic mass is 9.99. The Morgan fingerprint density at radius 3 is 0.882 bits per heavy atom. The van der Waals surface area contributed by atoms with Crippen molar-refractivity contribution in [3.63, 3.8) is 0 Å². The molecule has 0 rings (SSSR count). The van der Waals surface area contributed by atoms with Crippen LogP contribution in [0, 0.1) is 11.8 Å². The summed E-state index contributed by atoms with van der Waals surface area (Å²) in [5.74, 6) is -0.479.